The Balaban J connectivity index is 2.52. The van der Waals surface area contributed by atoms with Crippen LogP contribution < -0.4 is 15.4 Å². The fourth-order valence-corrected chi connectivity index (χ4v) is 2.66. The number of hydrogen-bond acceptors (Lipinski definition) is 6. The van der Waals surface area contributed by atoms with E-state index in [0.29, 0.717) is 0 Å². The number of amides is 3. The molecule has 0 aliphatic heterocycles. The number of esters is 1. The zero-order valence-corrected chi connectivity index (χ0v) is 14.6. The number of nitrogens with one attached hydrogen (secondary N) is 3. The van der Waals surface area contributed by atoms with Gasteiger partial charge in [-0.3, -0.25) is 14.9 Å². The van der Waals surface area contributed by atoms with Crippen molar-refractivity contribution in [1.29, 1.82) is 0 Å². The summed E-state index contributed by atoms with van der Waals surface area (Å²) in [6.07, 6.45) is 0. The van der Waals surface area contributed by atoms with Crippen molar-refractivity contribution in [3.05, 3.63) is 28.2 Å². The van der Waals surface area contributed by atoms with Gasteiger partial charge in [0.25, 0.3) is 5.91 Å². The van der Waals surface area contributed by atoms with Gasteiger partial charge < -0.3 is 10.1 Å². The predicted molar refractivity (Wildman–Crippen MR) is 85.2 cm³/mol. The van der Waals surface area contributed by atoms with E-state index >= 15 is 0 Å². The van der Waals surface area contributed by atoms with E-state index in [4.69, 9.17) is 23.2 Å². The third-order valence-corrected chi connectivity index (χ3v) is 4.59. The number of halogens is 2. The highest BCUT2D eigenvalue weighted by atomic mass is 35.5. The summed E-state index contributed by atoms with van der Waals surface area (Å²) in [5.74, 6) is -1.87. The lowest BCUT2D eigenvalue weighted by Gasteiger charge is -2.08. The molecule has 132 valence electrons. The van der Waals surface area contributed by atoms with E-state index in [2.05, 4.69) is 10.1 Å². The van der Waals surface area contributed by atoms with Crippen molar-refractivity contribution in [3.63, 3.8) is 0 Å². The third kappa shape index (κ3) is 6.32. The molecule has 0 bridgehead atoms. The minimum Gasteiger partial charge on any atom is -0.455 e. The second-order valence-corrected chi connectivity index (χ2v) is 6.77. The van der Waals surface area contributed by atoms with Crippen molar-refractivity contribution in [2.24, 2.45) is 0 Å². The Labute approximate surface area is 147 Å². The van der Waals surface area contributed by atoms with Crippen molar-refractivity contribution in [2.45, 2.75) is 4.90 Å². The molecule has 0 saturated heterocycles. The van der Waals surface area contributed by atoms with Crippen LogP contribution in [0.15, 0.2) is 23.1 Å². The van der Waals surface area contributed by atoms with Gasteiger partial charge in [0.15, 0.2) is 6.61 Å². The average Bonchev–Trinajstić information content (AvgIpc) is 2.53. The van der Waals surface area contributed by atoms with E-state index in [0.717, 1.165) is 6.07 Å². The van der Waals surface area contributed by atoms with Gasteiger partial charge >= 0.3 is 12.0 Å². The lowest BCUT2D eigenvalue weighted by atomic mass is 10.4. The van der Waals surface area contributed by atoms with Gasteiger partial charge in [0.1, 0.15) is 6.54 Å². The van der Waals surface area contributed by atoms with Crippen molar-refractivity contribution in [2.75, 3.05) is 20.2 Å². The van der Waals surface area contributed by atoms with Crippen molar-refractivity contribution in [1.82, 2.24) is 15.4 Å². The van der Waals surface area contributed by atoms with Gasteiger partial charge in [-0.25, -0.2) is 13.2 Å². The average molecular weight is 398 g/mol. The molecule has 0 saturated carbocycles. The molecule has 1 aromatic rings. The highest BCUT2D eigenvalue weighted by molar-refractivity contribution is 7.89. The maximum atomic E-state index is 12.0. The number of urea groups is 1. The van der Waals surface area contributed by atoms with Crippen LogP contribution in [0.5, 0.6) is 0 Å². The fraction of sp³-hybridized carbons (Fsp3) is 0.250. The zero-order valence-electron chi connectivity index (χ0n) is 12.3. The monoisotopic (exact) mass is 397 g/mol. The first-order chi connectivity index (χ1) is 11.2. The van der Waals surface area contributed by atoms with Gasteiger partial charge in [-0.05, 0) is 18.2 Å². The first kappa shape index (κ1) is 20.2. The van der Waals surface area contributed by atoms with Crippen molar-refractivity contribution < 1.29 is 27.5 Å². The van der Waals surface area contributed by atoms with Gasteiger partial charge in [0.2, 0.25) is 10.0 Å². The Bertz CT molecular complexity index is 753. The molecule has 24 heavy (non-hydrogen) atoms. The molecule has 0 unspecified atom stereocenters. The number of rotatable bonds is 6. The Kier molecular flexibility index (Phi) is 7.42. The van der Waals surface area contributed by atoms with Gasteiger partial charge in [-0.2, -0.15) is 4.72 Å². The SMILES string of the molecule is CNC(=O)NC(=O)COC(=O)CNS(=O)(=O)c1ccc(Cl)c(Cl)c1. The highest BCUT2D eigenvalue weighted by Gasteiger charge is 2.18. The largest absolute Gasteiger partial charge is 0.455 e. The van der Waals surface area contributed by atoms with Gasteiger partial charge in [0.05, 0.1) is 14.9 Å². The standard InChI is InChI=1S/C12H13Cl2N3O6S/c1-15-12(20)17-10(18)6-23-11(19)5-16-24(21,22)7-2-3-8(13)9(14)4-7/h2-4,16H,5-6H2,1H3,(H2,15,17,18,20). The molecule has 0 atom stereocenters. The molecule has 0 aromatic heterocycles. The third-order valence-electron chi connectivity index (χ3n) is 2.45. The van der Waals surface area contributed by atoms with Crippen LogP contribution in [0.4, 0.5) is 4.79 Å². The molecule has 1 rings (SSSR count). The lowest BCUT2D eigenvalue weighted by Crippen LogP contribution is -2.40. The van der Waals surface area contributed by atoms with E-state index in [1.54, 1.807) is 0 Å². The number of benzene rings is 1. The highest BCUT2D eigenvalue weighted by Crippen LogP contribution is 2.24. The molecule has 0 aliphatic carbocycles. The van der Waals surface area contributed by atoms with Crippen molar-refractivity contribution >= 4 is 51.1 Å². The summed E-state index contributed by atoms with van der Waals surface area (Å²) in [7, 11) is -2.72. The Morgan fingerprint density at radius 1 is 1.17 bits per heavy atom. The van der Waals surface area contributed by atoms with E-state index in [1.807, 2.05) is 10.0 Å². The molecule has 9 nitrogen and oxygen atoms in total. The van der Waals surface area contributed by atoms with Crippen LogP contribution in [0.3, 0.4) is 0 Å². The number of sulfonamides is 1. The molecule has 0 aliphatic rings. The van der Waals surface area contributed by atoms with Crippen LogP contribution in [0.25, 0.3) is 0 Å². The molecule has 12 heteroatoms. The van der Waals surface area contributed by atoms with Crippen LogP contribution in [-0.4, -0.2) is 46.5 Å². The number of carbonyl (C=O) groups is 3. The quantitative estimate of drug-likeness (QED) is 0.590. The van der Waals surface area contributed by atoms with Crippen LogP contribution in [0.1, 0.15) is 0 Å². The summed E-state index contributed by atoms with van der Waals surface area (Å²) in [4.78, 5) is 33.3. The first-order valence-corrected chi connectivity index (χ1v) is 8.51. The Morgan fingerprint density at radius 2 is 1.83 bits per heavy atom. The molecule has 1 aromatic carbocycles. The molecule has 3 amide bonds. The molecule has 3 N–H and O–H groups in total. The van der Waals surface area contributed by atoms with Crippen LogP contribution in [0.2, 0.25) is 10.0 Å². The Hall–Kier alpha value is -1.88. The van der Waals surface area contributed by atoms with E-state index in [1.165, 1.54) is 19.2 Å². The molecular formula is C12H13Cl2N3O6S. The summed E-state index contributed by atoms with van der Waals surface area (Å²) < 4.78 is 30.4. The van der Waals surface area contributed by atoms with Gasteiger partial charge in [-0.15, -0.1) is 0 Å². The minimum absolute atomic E-state index is 0.0352. The van der Waals surface area contributed by atoms with E-state index < -0.39 is 41.1 Å². The first-order valence-electron chi connectivity index (χ1n) is 6.27. The molecular weight excluding hydrogens is 385 g/mol. The summed E-state index contributed by atoms with van der Waals surface area (Å²) >= 11 is 11.4. The number of imide groups is 1. The Morgan fingerprint density at radius 3 is 2.42 bits per heavy atom. The number of ether oxygens (including phenoxy) is 1. The second-order valence-electron chi connectivity index (χ2n) is 4.19. The molecule has 0 fully saturated rings. The van der Waals surface area contributed by atoms with Crippen LogP contribution in [0, 0.1) is 0 Å². The number of hydrogen-bond donors (Lipinski definition) is 3. The molecule has 0 radical (unpaired) electrons. The molecule has 0 heterocycles. The van der Waals surface area contributed by atoms with Crippen LogP contribution in [-0.2, 0) is 24.3 Å². The number of carbonyl (C=O) groups excluding carboxylic acids is 3. The van der Waals surface area contributed by atoms with Gasteiger partial charge in [-0.1, -0.05) is 23.2 Å². The lowest BCUT2D eigenvalue weighted by molar-refractivity contribution is -0.147. The smallest absolute Gasteiger partial charge is 0.321 e. The zero-order chi connectivity index (χ0) is 18.3. The maximum Gasteiger partial charge on any atom is 0.321 e. The van der Waals surface area contributed by atoms with Crippen LogP contribution >= 0.6 is 23.2 Å². The topological polar surface area (TPSA) is 131 Å². The van der Waals surface area contributed by atoms with Gasteiger partial charge in [0, 0.05) is 7.05 Å². The fourth-order valence-electron chi connectivity index (χ4n) is 1.30. The van der Waals surface area contributed by atoms with Crippen molar-refractivity contribution in [3.8, 4) is 0 Å². The summed E-state index contributed by atoms with van der Waals surface area (Å²) in [5.41, 5.74) is 0. The second kappa shape index (κ2) is 8.83. The van der Waals surface area contributed by atoms with E-state index in [9.17, 15) is 22.8 Å². The molecule has 0 spiro atoms. The summed E-state index contributed by atoms with van der Waals surface area (Å²) in [5, 5.41) is 4.21. The van der Waals surface area contributed by atoms with E-state index in [-0.39, 0.29) is 14.9 Å². The summed E-state index contributed by atoms with van der Waals surface area (Å²) in [6.45, 7) is -1.45. The minimum atomic E-state index is -4.01. The summed E-state index contributed by atoms with van der Waals surface area (Å²) in [6, 6.07) is 2.85. The predicted octanol–water partition coefficient (Wildman–Crippen LogP) is 0.271. The maximum absolute atomic E-state index is 12.0. The normalized spacial score (nSPS) is 10.8.